The standard InChI is InChI=1S/C21H16FN3O3/c22-17-10-8-14(9-11-17)20(27)24-18-6-3-5-15(12-18)21(28)25-23-13-16-4-1-2-7-19(16)26/h1-13,26H,(H,24,27)(H,25,28)/b23-13+. The highest BCUT2D eigenvalue weighted by atomic mass is 19.1. The fraction of sp³-hybridized carbons (Fsp3) is 0. The van der Waals surface area contributed by atoms with Crippen molar-refractivity contribution in [1.82, 2.24) is 5.43 Å². The normalized spacial score (nSPS) is 10.6. The maximum Gasteiger partial charge on any atom is 0.271 e. The summed E-state index contributed by atoms with van der Waals surface area (Å²) in [5.41, 5.74) is 3.81. The number of aromatic hydroxyl groups is 1. The minimum absolute atomic E-state index is 0.0472. The van der Waals surface area contributed by atoms with E-state index >= 15 is 0 Å². The van der Waals surface area contributed by atoms with Gasteiger partial charge in [-0.3, -0.25) is 9.59 Å². The third-order valence-electron chi connectivity index (χ3n) is 3.80. The molecule has 0 unspecified atom stereocenters. The van der Waals surface area contributed by atoms with Crippen LogP contribution in [0.5, 0.6) is 5.75 Å². The first-order valence-electron chi connectivity index (χ1n) is 8.31. The van der Waals surface area contributed by atoms with E-state index in [0.29, 0.717) is 16.8 Å². The third-order valence-corrected chi connectivity index (χ3v) is 3.80. The first kappa shape index (κ1) is 18.8. The molecule has 0 heterocycles. The van der Waals surface area contributed by atoms with Crippen molar-refractivity contribution in [3.05, 3.63) is 95.3 Å². The largest absolute Gasteiger partial charge is 0.507 e. The molecule has 0 saturated carbocycles. The number of nitrogens with one attached hydrogen (secondary N) is 2. The summed E-state index contributed by atoms with van der Waals surface area (Å²) in [6.45, 7) is 0. The van der Waals surface area contributed by atoms with Crippen LogP contribution in [0.1, 0.15) is 26.3 Å². The molecule has 0 bridgehead atoms. The molecule has 7 heteroatoms. The predicted molar refractivity (Wildman–Crippen MR) is 104 cm³/mol. The predicted octanol–water partition coefficient (Wildman–Crippen LogP) is 3.55. The lowest BCUT2D eigenvalue weighted by molar-refractivity contribution is 0.0953. The molecule has 0 radical (unpaired) electrons. The molecule has 28 heavy (non-hydrogen) atoms. The lowest BCUT2D eigenvalue weighted by Crippen LogP contribution is -2.18. The highest BCUT2D eigenvalue weighted by Crippen LogP contribution is 2.14. The van der Waals surface area contributed by atoms with E-state index in [-0.39, 0.29) is 11.3 Å². The number of para-hydroxylation sites is 1. The molecule has 0 spiro atoms. The van der Waals surface area contributed by atoms with Crippen LogP contribution in [0.15, 0.2) is 77.9 Å². The van der Waals surface area contributed by atoms with Crippen molar-refractivity contribution in [2.45, 2.75) is 0 Å². The Hall–Kier alpha value is -4.00. The van der Waals surface area contributed by atoms with Gasteiger partial charge in [0.2, 0.25) is 0 Å². The molecule has 3 rings (SSSR count). The fourth-order valence-electron chi connectivity index (χ4n) is 2.36. The van der Waals surface area contributed by atoms with Crippen molar-refractivity contribution >= 4 is 23.7 Å². The van der Waals surface area contributed by atoms with E-state index in [9.17, 15) is 19.1 Å². The number of amides is 2. The van der Waals surface area contributed by atoms with Crippen LogP contribution in [-0.4, -0.2) is 23.1 Å². The van der Waals surface area contributed by atoms with E-state index in [4.69, 9.17) is 0 Å². The number of carbonyl (C=O) groups excluding carboxylic acids is 2. The molecule has 0 fully saturated rings. The van der Waals surface area contributed by atoms with Gasteiger partial charge in [0.15, 0.2) is 0 Å². The van der Waals surface area contributed by atoms with E-state index in [2.05, 4.69) is 15.8 Å². The maximum atomic E-state index is 12.9. The summed E-state index contributed by atoms with van der Waals surface area (Å²) < 4.78 is 12.9. The minimum atomic E-state index is -0.482. The van der Waals surface area contributed by atoms with Crippen LogP contribution in [-0.2, 0) is 0 Å². The zero-order valence-electron chi connectivity index (χ0n) is 14.6. The van der Waals surface area contributed by atoms with Crippen LogP contribution in [0.3, 0.4) is 0 Å². The van der Waals surface area contributed by atoms with Gasteiger partial charge in [-0.15, -0.1) is 0 Å². The van der Waals surface area contributed by atoms with Gasteiger partial charge in [-0.25, -0.2) is 9.82 Å². The molecule has 0 aliphatic heterocycles. The number of hydrogen-bond acceptors (Lipinski definition) is 4. The Morgan fingerprint density at radius 1 is 0.893 bits per heavy atom. The number of carbonyl (C=O) groups is 2. The number of anilines is 1. The molecule has 3 aromatic rings. The zero-order chi connectivity index (χ0) is 19.9. The lowest BCUT2D eigenvalue weighted by Gasteiger charge is -2.07. The molecule has 0 atom stereocenters. The Balaban J connectivity index is 1.65. The lowest BCUT2D eigenvalue weighted by atomic mass is 10.1. The number of phenols is 1. The van der Waals surface area contributed by atoms with Crippen molar-refractivity contribution in [2.75, 3.05) is 5.32 Å². The Morgan fingerprint density at radius 2 is 1.64 bits per heavy atom. The second-order valence-corrected chi connectivity index (χ2v) is 5.80. The summed E-state index contributed by atoms with van der Waals surface area (Å²) in [7, 11) is 0. The van der Waals surface area contributed by atoms with E-state index < -0.39 is 17.6 Å². The molecule has 3 N–H and O–H groups in total. The van der Waals surface area contributed by atoms with Gasteiger partial charge in [0.1, 0.15) is 11.6 Å². The van der Waals surface area contributed by atoms with Gasteiger partial charge >= 0.3 is 0 Å². The quantitative estimate of drug-likeness (QED) is 0.469. The van der Waals surface area contributed by atoms with Crippen LogP contribution in [0.2, 0.25) is 0 Å². The first-order chi connectivity index (χ1) is 13.5. The minimum Gasteiger partial charge on any atom is -0.507 e. The summed E-state index contributed by atoms with van der Waals surface area (Å²) in [6.07, 6.45) is 1.33. The number of phenolic OH excluding ortho intramolecular Hbond substituents is 1. The van der Waals surface area contributed by atoms with Gasteiger partial charge in [-0.2, -0.15) is 5.10 Å². The van der Waals surface area contributed by atoms with Crippen LogP contribution < -0.4 is 10.7 Å². The number of hydrogen-bond donors (Lipinski definition) is 3. The van der Waals surface area contributed by atoms with E-state index in [1.54, 1.807) is 36.4 Å². The zero-order valence-corrected chi connectivity index (χ0v) is 14.6. The Kier molecular flexibility index (Phi) is 5.76. The maximum absolute atomic E-state index is 12.9. The molecule has 6 nitrogen and oxygen atoms in total. The number of nitrogens with zero attached hydrogens (tertiary/aromatic N) is 1. The molecule has 2 amide bonds. The summed E-state index contributed by atoms with van der Waals surface area (Å²) in [5.74, 6) is -1.29. The number of benzene rings is 3. The summed E-state index contributed by atoms with van der Waals surface area (Å²) in [6, 6.07) is 18.0. The van der Waals surface area contributed by atoms with Crippen molar-refractivity contribution in [2.24, 2.45) is 5.10 Å². The van der Waals surface area contributed by atoms with E-state index in [0.717, 1.165) is 0 Å². The smallest absolute Gasteiger partial charge is 0.271 e. The van der Waals surface area contributed by atoms with Gasteiger partial charge < -0.3 is 10.4 Å². The Bertz CT molecular complexity index is 1030. The highest BCUT2D eigenvalue weighted by molar-refractivity contribution is 6.05. The number of hydrazone groups is 1. The van der Waals surface area contributed by atoms with E-state index in [1.165, 1.54) is 42.6 Å². The SMILES string of the molecule is O=C(N/N=C/c1ccccc1O)c1cccc(NC(=O)c2ccc(F)cc2)c1. The molecule has 140 valence electrons. The topological polar surface area (TPSA) is 90.8 Å². The fourth-order valence-corrected chi connectivity index (χ4v) is 2.36. The van der Waals surface area contributed by atoms with Crippen LogP contribution in [0, 0.1) is 5.82 Å². The average Bonchev–Trinajstić information content (AvgIpc) is 2.70. The van der Waals surface area contributed by atoms with Gasteiger partial charge in [-0.05, 0) is 54.6 Å². The molecule has 0 aromatic heterocycles. The second kappa shape index (κ2) is 8.59. The van der Waals surface area contributed by atoms with Crippen LogP contribution >= 0.6 is 0 Å². The molecular weight excluding hydrogens is 361 g/mol. The van der Waals surface area contributed by atoms with Crippen molar-refractivity contribution in [3.8, 4) is 5.75 Å². The van der Waals surface area contributed by atoms with Crippen LogP contribution in [0.4, 0.5) is 10.1 Å². The third kappa shape index (κ3) is 4.79. The summed E-state index contributed by atoms with van der Waals surface area (Å²) >= 11 is 0. The van der Waals surface area contributed by atoms with Gasteiger partial charge in [0.05, 0.1) is 6.21 Å². The summed E-state index contributed by atoms with van der Waals surface area (Å²) in [5, 5.41) is 16.1. The highest BCUT2D eigenvalue weighted by Gasteiger charge is 2.09. The molecule has 0 aliphatic rings. The Labute approximate surface area is 160 Å². The molecule has 0 saturated heterocycles. The van der Waals surface area contributed by atoms with Gasteiger partial charge in [0, 0.05) is 22.4 Å². The average molecular weight is 377 g/mol. The molecule has 0 aliphatic carbocycles. The van der Waals surface area contributed by atoms with Gasteiger partial charge in [-0.1, -0.05) is 18.2 Å². The Morgan fingerprint density at radius 3 is 2.39 bits per heavy atom. The second-order valence-electron chi connectivity index (χ2n) is 5.80. The van der Waals surface area contributed by atoms with Gasteiger partial charge in [0.25, 0.3) is 11.8 Å². The van der Waals surface area contributed by atoms with Crippen molar-refractivity contribution in [1.29, 1.82) is 0 Å². The first-order valence-corrected chi connectivity index (χ1v) is 8.31. The molecule has 3 aromatic carbocycles. The van der Waals surface area contributed by atoms with Crippen LogP contribution in [0.25, 0.3) is 0 Å². The van der Waals surface area contributed by atoms with Crippen molar-refractivity contribution < 1.29 is 19.1 Å². The van der Waals surface area contributed by atoms with Crippen molar-refractivity contribution in [3.63, 3.8) is 0 Å². The molecular formula is C21H16FN3O3. The number of rotatable bonds is 5. The summed E-state index contributed by atoms with van der Waals surface area (Å²) in [4.78, 5) is 24.4. The number of halogens is 1. The van der Waals surface area contributed by atoms with E-state index in [1.807, 2.05) is 0 Å². The monoisotopic (exact) mass is 377 g/mol.